The van der Waals surface area contributed by atoms with E-state index in [0.29, 0.717) is 6.54 Å². The van der Waals surface area contributed by atoms with Gasteiger partial charge in [0.05, 0.1) is 6.04 Å². The highest BCUT2D eigenvalue weighted by Gasteiger charge is 2.25. The zero-order valence-corrected chi connectivity index (χ0v) is 8.25. The minimum atomic E-state index is 0.0555. The van der Waals surface area contributed by atoms with Crippen LogP contribution in [0.15, 0.2) is 12.7 Å². The molecule has 1 aliphatic heterocycles. The van der Waals surface area contributed by atoms with Crippen molar-refractivity contribution in [2.45, 2.75) is 25.8 Å². The van der Waals surface area contributed by atoms with Gasteiger partial charge in [0.2, 0.25) is 5.91 Å². The van der Waals surface area contributed by atoms with Crippen LogP contribution in [-0.4, -0.2) is 36.5 Å². The third-order valence-electron chi connectivity index (χ3n) is 2.40. The van der Waals surface area contributed by atoms with Crippen molar-refractivity contribution >= 4 is 5.91 Å². The Morgan fingerprint density at radius 2 is 2.54 bits per heavy atom. The highest BCUT2D eigenvalue weighted by atomic mass is 16.2. The van der Waals surface area contributed by atoms with E-state index in [-0.39, 0.29) is 11.9 Å². The molecule has 0 saturated carbocycles. The van der Waals surface area contributed by atoms with Crippen molar-refractivity contribution in [3.05, 3.63) is 12.7 Å². The van der Waals surface area contributed by atoms with Gasteiger partial charge in [-0.05, 0) is 26.3 Å². The Hall–Kier alpha value is -0.830. The van der Waals surface area contributed by atoms with E-state index in [4.69, 9.17) is 0 Å². The van der Waals surface area contributed by atoms with E-state index in [1.807, 2.05) is 11.8 Å². The second kappa shape index (κ2) is 5.02. The van der Waals surface area contributed by atoms with E-state index in [1.165, 1.54) is 0 Å². The molecule has 1 rings (SSSR count). The topological polar surface area (TPSA) is 32.3 Å². The van der Waals surface area contributed by atoms with Crippen molar-refractivity contribution in [1.82, 2.24) is 10.2 Å². The summed E-state index contributed by atoms with van der Waals surface area (Å²) in [4.78, 5) is 13.6. The predicted octanol–water partition coefficient (Wildman–Crippen LogP) is 0.773. The molecule has 1 N–H and O–H groups in total. The van der Waals surface area contributed by atoms with Gasteiger partial charge in [-0.2, -0.15) is 0 Å². The maximum atomic E-state index is 11.8. The first kappa shape index (κ1) is 10.3. The minimum Gasteiger partial charge on any atom is -0.338 e. The zero-order valence-electron chi connectivity index (χ0n) is 8.25. The summed E-state index contributed by atoms with van der Waals surface area (Å²) in [5.74, 6) is 0.222. The molecule has 1 aliphatic rings. The quantitative estimate of drug-likeness (QED) is 0.651. The van der Waals surface area contributed by atoms with Crippen LogP contribution in [0, 0.1) is 0 Å². The number of amides is 1. The molecule has 3 nitrogen and oxygen atoms in total. The lowest BCUT2D eigenvalue weighted by Crippen LogP contribution is -2.43. The molecule has 1 unspecified atom stereocenters. The summed E-state index contributed by atoms with van der Waals surface area (Å²) in [6.07, 6.45) is 3.87. The molecule has 0 aliphatic carbocycles. The van der Waals surface area contributed by atoms with Crippen molar-refractivity contribution in [3.63, 3.8) is 0 Å². The van der Waals surface area contributed by atoms with Crippen LogP contribution >= 0.6 is 0 Å². The van der Waals surface area contributed by atoms with E-state index in [1.54, 1.807) is 6.08 Å². The van der Waals surface area contributed by atoms with Gasteiger partial charge in [-0.25, -0.2) is 0 Å². The maximum Gasteiger partial charge on any atom is 0.239 e. The van der Waals surface area contributed by atoms with Crippen LogP contribution in [0.5, 0.6) is 0 Å². The van der Waals surface area contributed by atoms with Crippen LogP contribution < -0.4 is 5.32 Å². The molecule has 1 saturated heterocycles. The van der Waals surface area contributed by atoms with Gasteiger partial charge in [0.25, 0.3) is 0 Å². The average Bonchev–Trinajstić information content (AvgIpc) is 2.65. The third kappa shape index (κ3) is 2.56. The van der Waals surface area contributed by atoms with Gasteiger partial charge < -0.3 is 10.2 Å². The van der Waals surface area contributed by atoms with Gasteiger partial charge in [-0.15, -0.1) is 6.58 Å². The first-order valence-electron chi connectivity index (χ1n) is 4.92. The first-order valence-corrected chi connectivity index (χ1v) is 4.92. The highest BCUT2D eigenvalue weighted by molar-refractivity contribution is 5.82. The Labute approximate surface area is 79.8 Å². The minimum absolute atomic E-state index is 0.0555. The summed E-state index contributed by atoms with van der Waals surface area (Å²) < 4.78 is 0. The SMILES string of the molecule is C=CCN(CC)C(=O)C1CCCN1. The van der Waals surface area contributed by atoms with Crippen LogP contribution in [0.25, 0.3) is 0 Å². The Morgan fingerprint density at radius 3 is 3.00 bits per heavy atom. The van der Waals surface area contributed by atoms with E-state index in [9.17, 15) is 4.79 Å². The van der Waals surface area contributed by atoms with Crippen molar-refractivity contribution in [2.75, 3.05) is 19.6 Å². The summed E-state index contributed by atoms with van der Waals surface area (Å²) in [5.41, 5.74) is 0. The van der Waals surface area contributed by atoms with Crippen molar-refractivity contribution in [2.24, 2.45) is 0 Å². The van der Waals surface area contributed by atoms with Crippen molar-refractivity contribution in [3.8, 4) is 0 Å². The normalized spacial score (nSPS) is 21.5. The Kier molecular flexibility index (Phi) is 3.96. The van der Waals surface area contributed by atoms with E-state index >= 15 is 0 Å². The van der Waals surface area contributed by atoms with Crippen LogP contribution in [0.2, 0.25) is 0 Å². The Morgan fingerprint density at radius 1 is 1.77 bits per heavy atom. The Balaban J connectivity index is 2.46. The molecule has 1 heterocycles. The third-order valence-corrected chi connectivity index (χ3v) is 2.40. The molecule has 0 bridgehead atoms. The molecular weight excluding hydrogens is 164 g/mol. The van der Waals surface area contributed by atoms with Crippen LogP contribution in [0.1, 0.15) is 19.8 Å². The van der Waals surface area contributed by atoms with Gasteiger partial charge in [0.15, 0.2) is 0 Å². The molecule has 0 spiro atoms. The molecule has 1 atom stereocenters. The lowest BCUT2D eigenvalue weighted by atomic mass is 10.2. The maximum absolute atomic E-state index is 11.8. The van der Waals surface area contributed by atoms with Gasteiger partial charge in [0.1, 0.15) is 0 Å². The molecule has 3 heteroatoms. The largest absolute Gasteiger partial charge is 0.338 e. The number of nitrogens with zero attached hydrogens (tertiary/aromatic N) is 1. The smallest absolute Gasteiger partial charge is 0.239 e. The number of nitrogens with one attached hydrogen (secondary N) is 1. The lowest BCUT2D eigenvalue weighted by Gasteiger charge is -2.22. The molecule has 0 radical (unpaired) electrons. The fourth-order valence-corrected chi connectivity index (χ4v) is 1.65. The molecule has 1 fully saturated rings. The number of hydrogen-bond acceptors (Lipinski definition) is 2. The monoisotopic (exact) mass is 182 g/mol. The van der Waals surface area contributed by atoms with Gasteiger partial charge in [0, 0.05) is 13.1 Å². The van der Waals surface area contributed by atoms with E-state index in [2.05, 4.69) is 11.9 Å². The number of likely N-dealkylation sites (N-methyl/N-ethyl adjacent to an activating group) is 1. The summed E-state index contributed by atoms with van der Waals surface area (Å²) in [5, 5.41) is 3.20. The van der Waals surface area contributed by atoms with Crippen LogP contribution in [-0.2, 0) is 4.79 Å². The molecule has 74 valence electrons. The Bertz CT molecular complexity index is 185. The van der Waals surface area contributed by atoms with Gasteiger partial charge >= 0.3 is 0 Å². The summed E-state index contributed by atoms with van der Waals surface area (Å²) in [7, 11) is 0. The summed E-state index contributed by atoms with van der Waals surface area (Å²) >= 11 is 0. The lowest BCUT2D eigenvalue weighted by molar-refractivity contribution is -0.132. The highest BCUT2D eigenvalue weighted by Crippen LogP contribution is 2.08. The molecule has 0 aromatic rings. The van der Waals surface area contributed by atoms with Crippen LogP contribution in [0.3, 0.4) is 0 Å². The fraction of sp³-hybridized carbons (Fsp3) is 0.700. The number of carbonyl (C=O) groups excluding carboxylic acids is 1. The number of rotatable bonds is 4. The summed E-state index contributed by atoms with van der Waals surface area (Å²) in [6, 6.07) is 0.0555. The predicted molar refractivity (Wildman–Crippen MR) is 53.5 cm³/mol. The first-order chi connectivity index (χ1) is 6.29. The van der Waals surface area contributed by atoms with Crippen molar-refractivity contribution in [1.29, 1.82) is 0 Å². The molecule has 0 aromatic heterocycles. The molecule has 13 heavy (non-hydrogen) atoms. The average molecular weight is 182 g/mol. The second-order valence-corrected chi connectivity index (χ2v) is 3.31. The fourth-order valence-electron chi connectivity index (χ4n) is 1.65. The van der Waals surface area contributed by atoms with E-state index < -0.39 is 0 Å². The zero-order chi connectivity index (χ0) is 9.68. The van der Waals surface area contributed by atoms with Gasteiger partial charge in [-0.3, -0.25) is 4.79 Å². The van der Waals surface area contributed by atoms with Crippen molar-refractivity contribution < 1.29 is 4.79 Å². The number of hydrogen-bond donors (Lipinski definition) is 1. The number of carbonyl (C=O) groups is 1. The molecule has 1 amide bonds. The van der Waals surface area contributed by atoms with Gasteiger partial charge in [-0.1, -0.05) is 6.08 Å². The second-order valence-electron chi connectivity index (χ2n) is 3.31. The molecule has 0 aromatic carbocycles. The van der Waals surface area contributed by atoms with E-state index in [0.717, 1.165) is 25.9 Å². The van der Waals surface area contributed by atoms with Crippen LogP contribution in [0.4, 0.5) is 0 Å². The molecular formula is C10H18N2O. The summed E-state index contributed by atoms with van der Waals surface area (Å²) in [6.45, 7) is 8.04. The standard InChI is InChI=1S/C10H18N2O/c1-3-8-12(4-2)10(13)9-6-5-7-11-9/h3,9,11H,1,4-8H2,2H3.